The molecule has 15 heavy (non-hydrogen) atoms. The van der Waals surface area contributed by atoms with E-state index in [1.54, 1.807) is 18.2 Å². The van der Waals surface area contributed by atoms with Crippen molar-refractivity contribution in [3.63, 3.8) is 0 Å². The Morgan fingerprint density at radius 3 is 2.60 bits per heavy atom. The molecule has 0 unspecified atom stereocenters. The molecule has 1 rings (SSSR count). The average Bonchev–Trinajstić information content (AvgIpc) is 2.19. The van der Waals surface area contributed by atoms with Gasteiger partial charge in [-0.3, -0.25) is 0 Å². The Kier molecular flexibility index (Phi) is 4.55. The summed E-state index contributed by atoms with van der Waals surface area (Å²) in [5.74, 6) is 0.217. The molecular formula is C12H17ClFN. The Bertz CT molecular complexity index is 325. The van der Waals surface area contributed by atoms with Crippen LogP contribution in [0.25, 0.3) is 0 Å². The Balaban J connectivity index is 2.62. The van der Waals surface area contributed by atoms with Crippen LogP contribution in [0, 0.1) is 11.7 Å². The third kappa shape index (κ3) is 3.47. The van der Waals surface area contributed by atoms with Crippen LogP contribution >= 0.6 is 11.6 Å². The highest BCUT2D eigenvalue weighted by Gasteiger charge is 2.09. The highest BCUT2D eigenvalue weighted by Crippen LogP contribution is 2.17. The van der Waals surface area contributed by atoms with Crippen molar-refractivity contribution < 1.29 is 4.39 Å². The van der Waals surface area contributed by atoms with Crippen molar-refractivity contribution in [1.29, 1.82) is 0 Å². The Morgan fingerprint density at radius 2 is 2.00 bits per heavy atom. The van der Waals surface area contributed by atoms with E-state index < -0.39 is 0 Å². The fourth-order valence-electron chi connectivity index (χ4n) is 1.19. The van der Waals surface area contributed by atoms with Crippen LogP contribution in [0.3, 0.4) is 0 Å². The zero-order valence-corrected chi connectivity index (χ0v) is 10.1. The minimum atomic E-state index is -0.317. The molecule has 0 amide bonds. The molecule has 0 saturated carbocycles. The molecule has 0 radical (unpaired) electrons. The molecule has 0 fully saturated rings. The van der Waals surface area contributed by atoms with Crippen molar-refractivity contribution in [2.45, 2.75) is 33.4 Å². The largest absolute Gasteiger partial charge is 0.310 e. The molecule has 1 atom stereocenters. The standard InChI is InChI=1S/C12H17ClFN/c1-8(2)9(3)15-7-10-5-4-6-11(13)12(10)14/h4-6,8-9,15H,7H2,1-3H3/t9-/m1/s1. The van der Waals surface area contributed by atoms with Gasteiger partial charge in [0.2, 0.25) is 0 Å². The summed E-state index contributed by atoms with van der Waals surface area (Å²) in [5.41, 5.74) is 0.620. The minimum Gasteiger partial charge on any atom is -0.310 e. The highest BCUT2D eigenvalue weighted by atomic mass is 35.5. The maximum absolute atomic E-state index is 13.5. The van der Waals surface area contributed by atoms with Crippen LogP contribution in [0.4, 0.5) is 4.39 Å². The maximum atomic E-state index is 13.5. The number of hydrogen-bond donors (Lipinski definition) is 1. The van der Waals surface area contributed by atoms with E-state index in [1.165, 1.54) is 0 Å². The summed E-state index contributed by atoms with van der Waals surface area (Å²) in [6.45, 7) is 6.87. The molecule has 1 aromatic rings. The van der Waals surface area contributed by atoms with E-state index in [0.717, 1.165) is 0 Å². The summed E-state index contributed by atoms with van der Waals surface area (Å²) in [4.78, 5) is 0. The van der Waals surface area contributed by atoms with E-state index in [4.69, 9.17) is 11.6 Å². The fraction of sp³-hybridized carbons (Fsp3) is 0.500. The van der Waals surface area contributed by atoms with Gasteiger partial charge in [0.1, 0.15) is 5.82 Å². The van der Waals surface area contributed by atoms with Gasteiger partial charge in [-0.15, -0.1) is 0 Å². The lowest BCUT2D eigenvalue weighted by Crippen LogP contribution is -2.30. The number of nitrogens with one attached hydrogen (secondary N) is 1. The zero-order valence-electron chi connectivity index (χ0n) is 9.35. The van der Waals surface area contributed by atoms with E-state index in [2.05, 4.69) is 26.1 Å². The lowest BCUT2D eigenvalue weighted by Gasteiger charge is -2.17. The van der Waals surface area contributed by atoms with E-state index in [0.29, 0.717) is 24.1 Å². The van der Waals surface area contributed by atoms with Gasteiger partial charge in [0, 0.05) is 18.2 Å². The molecule has 0 saturated heterocycles. The summed E-state index contributed by atoms with van der Waals surface area (Å²) >= 11 is 5.69. The summed E-state index contributed by atoms with van der Waals surface area (Å²) in [6, 6.07) is 5.44. The van der Waals surface area contributed by atoms with Crippen molar-refractivity contribution in [3.05, 3.63) is 34.6 Å². The van der Waals surface area contributed by atoms with E-state index >= 15 is 0 Å². The molecule has 1 N–H and O–H groups in total. The van der Waals surface area contributed by atoms with Gasteiger partial charge in [-0.1, -0.05) is 37.6 Å². The van der Waals surface area contributed by atoms with Crippen LogP contribution in [0.5, 0.6) is 0 Å². The van der Waals surface area contributed by atoms with Gasteiger partial charge < -0.3 is 5.32 Å². The van der Waals surface area contributed by atoms with Crippen molar-refractivity contribution in [2.75, 3.05) is 0 Å². The number of rotatable bonds is 4. The lowest BCUT2D eigenvalue weighted by atomic mass is 10.1. The molecule has 0 aliphatic rings. The molecule has 0 heterocycles. The molecule has 0 aromatic heterocycles. The van der Waals surface area contributed by atoms with Gasteiger partial charge in [-0.05, 0) is 18.9 Å². The molecule has 3 heteroatoms. The number of halogens is 2. The first kappa shape index (κ1) is 12.5. The molecule has 0 aliphatic carbocycles. The van der Waals surface area contributed by atoms with E-state index in [9.17, 15) is 4.39 Å². The van der Waals surface area contributed by atoms with Crippen molar-refractivity contribution >= 4 is 11.6 Å². The third-order valence-electron chi connectivity index (χ3n) is 2.65. The second kappa shape index (κ2) is 5.47. The van der Waals surface area contributed by atoms with Crippen LogP contribution in [-0.4, -0.2) is 6.04 Å². The van der Waals surface area contributed by atoms with Crippen LogP contribution in [-0.2, 0) is 6.54 Å². The van der Waals surface area contributed by atoms with E-state index in [-0.39, 0.29) is 10.8 Å². The van der Waals surface area contributed by atoms with Gasteiger partial charge >= 0.3 is 0 Å². The van der Waals surface area contributed by atoms with Gasteiger partial charge in [0.15, 0.2) is 0 Å². The Labute approximate surface area is 95.6 Å². The molecule has 1 aromatic carbocycles. The maximum Gasteiger partial charge on any atom is 0.146 e. The summed E-state index contributed by atoms with van der Waals surface area (Å²) in [6.07, 6.45) is 0. The predicted molar refractivity (Wildman–Crippen MR) is 62.5 cm³/mol. The van der Waals surface area contributed by atoms with Gasteiger partial charge in [-0.2, -0.15) is 0 Å². The first-order valence-corrected chi connectivity index (χ1v) is 5.56. The second-order valence-electron chi connectivity index (χ2n) is 4.13. The van der Waals surface area contributed by atoms with Gasteiger partial charge in [0.05, 0.1) is 5.02 Å². The first-order chi connectivity index (χ1) is 7.02. The van der Waals surface area contributed by atoms with Crippen molar-refractivity contribution in [2.24, 2.45) is 5.92 Å². The van der Waals surface area contributed by atoms with Crippen molar-refractivity contribution in [3.8, 4) is 0 Å². The monoisotopic (exact) mass is 229 g/mol. The first-order valence-electron chi connectivity index (χ1n) is 5.18. The third-order valence-corrected chi connectivity index (χ3v) is 2.94. The summed E-state index contributed by atoms with van der Waals surface area (Å²) < 4.78 is 13.5. The summed E-state index contributed by atoms with van der Waals surface area (Å²) in [5, 5.41) is 3.45. The normalized spacial score (nSPS) is 13.2. The predicted octanol–water partition coefficient (Wildman–Crippen LogP) is 3.61. The Morgan fingerprint density at radius 1 is 1.33 bits per heavy atom. The SMILES string of the molecule is CC(C)[C@@H](C)NCc1cccc(Cl)c1F. The lowest BCUT2D eigenvalue weighted by molar-refractivity contribution is 0.421. The average molecular weight is 230 g/mol. The second-order valence-corrected chi connectivity index (χ2v) is 4.53. The molecule has 84 valence electrons. The quantitative estimate of drug-likeness (QED) is 0.832. The van der Waals surface area contributed by atoms with Gasteiger partial charge in [0.25, 0.3) is 0 Å². The van der Waals surface area contributed by atoms with Crippen LogP contribution in [0.2, 0.25) is 5.02 Å². The highest BCUT2D eigenvalue weighted by molar-refractivity contribution is 6.30. The molecule has 0 spiro atoms. The Hall–Kier alpha value is -0.600. The van der Waals surface area contributed by atoms with Crippen LogP contribution in [0.1, 0.15) is 26.3 Å². The topological polar surface area (TPSA) is 12.0 Å². The van der Waals surface area contributed by atoms with E-state index in [1.807, 2.05) is 0 Å². The molecule has 0 aliphatic heterocycles. The minimum absolute atomic E-state index is 0.187. The van der Waals surface area contributed by atoms with Crippen molar-refractivity contribution in [1.82, 2.24) is 5.32 Å². The molecular weight excluding hydrogens is 213 g/mol. The fourth-order valence-corrected chi connectivity index (χ4v) is 1.39. The number of benzene rings is 1. The smallest absolute Gasteiger partial charge is 0.146 e. The molecule has 1 nitrogen and oxygen atoms in total. The van der Waals surface area contributed by atoms with Gasteiger partial charge in [-0.25, -0.2) is 4.39 Å². The van der Waals surface area contributed by atoms with Crippen LogP contribution < -0.4 is 5.32 Å². The summed E-state index contributed by atoms with van der Waals surface area (Å²) in [7, 11) is 0. The molecule has 0 bridgehead atoms. The van der Waals surface area contributed by atoms with Crippen LogP contribution in [0.15, 0.2) is 18.2 Å². The number of hydrogen-bond acceptors (Lipinski definition) is 1. The zero-order chi connectivity index (χ0) is 11.4.